The van der Waals surface area contributed by atoms with E-state index in [1.807, 2.05) is 18.2 Å². The Bertz CT molecular complexity index is 528. The smallest absolute Gasteiger partial charge is 0.220 e. The van der Waals surface area contributed by atoms with E-state index in [4.69, 9.17) is 4.74 Å². The molecule has 0 heterocycles. The van der Waals surface area contributed by atoms with Gasteiger partial charge in [0.05, 0.1) is 7.11 Å². The van der Waals surface area contributed by atoms with Crippen LogP contribution < -0.4 is 10.1 Å². The quantitative estimate of drug-likeness (QED) is 0.872. The predicted molar refractivity (Wildman–Crippen MR) is 87.9 cm³/mol. The Hall–Kier alpha value is -1.51. The second-order valence-electron chi connectivity index (χ2n) is 7.05. The van der Waals surface area contributed by atoms with Crippen molar-refractivity contribution in [2.45, 2.75) is 51.5 Å². The van der Waals surface area contributed by atoms with Gasteiger partial charge in [-0.05, 0) is 68.1 Å². The van der Waals surface area contributed by atoms with E-state index in [-0.39, 0.29) is 5.91 Å². The van der Waals surface area contributed by atoms with Crippen molar-refractivity contribution in [3.63, 3.8) is 0 Å². The minimum atomic E-state index is 0.179. The van der Waals surface area contributed by atoms with Gasteiger partial charge in [-0.1, -0.05) is 18.6 Å². The number of hydrogen-bond donors (Lipinski definition) is 1. The molecule has 0 spiro atoms. The van der Waals surface area contributed by atoms with Gasteiger partial charge >= 0.3 is 0 Å². The summed E-state index contributed by atoms with van der Waals surface area (Å²) >= 11 is 0. The molecule has 3 heteroatoms. The van der Waals surface area contributed by atoms with Crippen LogP contribution in [-0.4, -0.2) is 19.1 Å². The summed E-state index contributed by atoms with van der Waals surface area (Å²) in [5.41, 5.74) is 1.15. The van der Waals surface area contributed by atoms with Crippen LogP contribution in [0.15, 0.2) is 24.3 Å². The number of nitrogens with one attached hydrogen (secondary N) is 1. The first kappa shape index (κ1) is 15.4. The highest BCUT2D eigenvalue weighted by atomic mass is 16.5. The zero-order valence-corrected chi connectivity index (χ0v) is 13.7. The summed E-state index contributed by atoms with van der Waals surface area (Å²) in [7, 11) is 1.67. The molecule has 22 heavy (non-hydrogen) atoms. The summed E-state index contributed by atoms with van der Waals surface area (Å²) in [6, 6.07) is 8.29. The first-order valence-electron chi connectivity index (χ1n) is 8.58. The maximum atomic E-state index is 12.2. The lowest BCUT2D eigenvalue weighted by atomic mass is 9.84. The third-order valence-corrected chi connectivity index (χ3v) is 5.60. The molecule has 2 fully saturated rings. The van der Waals surface area contributed by atoms with E-state index < -0.39 is 0 Å². The van der Waals surface area contributed by atoms with Gasteiger partial charge in [0.25, 0.3) is 0 Å². The molecule has 1 aromatic carbocycles. The van der Waals surface area contributed by atoms with Crippen LogP contribution in [0.5, 0.6) is 5.75 Å². The standard InChI is InChI=1S/C19H27NO2/c1-13(18-12-15-6-8-16(18)10-15)20-19(21)9-7-14-4-3-5-17(11-14)22-2/h3-5,11,13,15-16,18H,6-10,12H2,1-2H3,(H,20,21). The molecular formula is C19H27NO2. The summed E-state index contributed by atoms with van der Waals surface area (Å²) in [5, 5.41) is 3.24. The van der Waals surface area contributed by atoms with Gasteiger partial charge in [-0.2, -0.15) is 0 Å². The number of hydrogen-bond acceptors (Lipinski definition) is 2. The summed E-state index contributed by atoms with van der Waals surface area (Å²) in [4.78, 5) is 12.2. The largest absolute Gasteiger partial charge is 0.497 e. The molecule has 1 aromatic rings. The first-order valence-corrected chi connectivity index (χ1v) is 8.58. The van der Waals surface area contributed by atoms with Gasteiger partial charge < -0.3 is 10.1 Å². The minimum absolute atomic E-state index is 0.179. The van der Waals surface area contributed by atoms with E-state index in [1.165, 1.54) is 25.7 Å². The topological polar surface area (TPSA) is 38.3 Å². The lowest BCUT2D eigenvalue weighted by Crippen LogP contribution is -2.40. The molecule has 2 aliphatic rings. The van der Waals surface area contributed by atoms with E-state index in [0.29, 0.717) is 18.4 Å². The van der Waals surface area contributed by atoms with Crippen molar-refractivity contribution in [2.75, 3.05) is 7.11 Å². The molecule has 1 N–H and O–H groups in total. The average Bonchev–Trinajstić information content (AvgIpc) is 3.16. The summed E-state index contributed by atoms with van der Waals surface area (Å²) in [5.74, 6) is 3.54. The Morgan fingerprint density at radius 3 is 2.91 bits per heavy atom. The fourth-order valence-electron chi connectivity index (χ4n) is 4.43. The van der Waals surface area contributed by atoms with E-state index >= 15 is 0 Å². The summed E-state index contributed by atoms with van der Waals surface area (Å²) in [6.07, 6.45) is 6.83. The zero-order valence-electron chi connectivity index (χ0n) is 13.7. The van der Waals surface area contributed by atoms with Crippen molar-refractivity contribution in [1.82, 2.24) is 5.32 Å². The van der Waals surface area contributed by atoms with Crippen molar-refractivity contribution in [2.24, 2.45) is 17.8 Å². The van der Waals surface area contributed by atoms with Crippen LogP contribution in [0, 0.1) is 17.8 Å². The van der Waals surface area contributed by atoms with E-state index in [9.17, 15) is 4.79 Å². The molecule has 2 aliphatic carbocycles. The second-order valence-corrected chi connectivity index (χ2v) is 7.05. The lowest BCUT2D eigenvalue weighted by Gasteiger charge is -2.28. The second kappa shape index (κ2) is 6.72. The maximum Gasteiger partial charge on any atom is 0.220 e. The Balaban J connectivity index is 1.46. The summed E-state index contributed by atoms with van der Waals surface area (Å²) < 4.78 is 5.22. The molecule has 1 amide bonds. The summed E-state index contributed by atoms with van der Waals surface area (Å²) in [6.45, 7) is 2.19. The fraction of sp³-hybridized carbons (Fsp3) is 0.632. The van der Waals surface area contributed by atoms with Gasteiger partial charge in [0.2, 0.25) is 5.91 Å². The molecule has 0 saturated heterocycles. The number of carbonyl (C=O) groups is 1. The maximum absolute atomic E-state index is 12.2. The molecule has 0 aromatic heterocycles. The number of aryl methyl sites for hydroxylation is 1. The van der Waals surface area contributed by atoms with Crippen molar-refractivity contribution in [1.29, 1.82) is 0 Å². The number of benzene rings is 1. The van der Waals surface area contributed by atoms with Crippen LogP contribution in [0.4, 0.5) is 0 Å². The fourth-order valence-corrected chi connectivity index (χ4v) is 4.43. The van der Waals surface area contributed by atoms with Gasteiger partial charge in [-0.15, -0.1) is 0 Å². The minimum Gasteiger partial charge on any atom is -0.497 e. The number of fused-ring (bicyclic) bond motifs is 2. The Morgan fingerprint density at radius 1 is 1.36 bits per heavy atom. The number of amides is 1. The van der Waals surface area contributed by atoms with Gasteiger partial charge in [-0.3, -0.25) is 4.79 Å². The highest BCUT2D eigenvalue weighted by Crippen LogP contribution is 2.49. The monoisotopic (exact) mass is 301 g/mol. The zero-order chi connectivity index (χ0) is 15.5. The van der Waals surface area contributed by atoms with Gasteiger partial charge in [0.15, 0.2) is 0 Å². The van der Waals surface area contributed by atoms with Gasteiger partial charge in [0, 0.05) is 12.5 Å². The van der Waals surface area contributed by atoms with Crippen molar-refractivity contribution < 1.29 is 9.53 Å². The first-order chi connectivity index (χ1) is 10.7. The molecule has 4 atom stereocenters. The van der Waals surface area contributed by atoms with Gasteiger partial charge in [-0.25, -0.2) is 0 Å². The highest BCUT2D eigenvalue weighted by molar-refractivity contribution is 5.76. The third-order valence-electron chi connectivity index (χ3n) is 5.60. The molecule has 2 bridgehead atoms. The Labute approximate surface area is 133 Å². The molecule has 0 radical (unpaired) electrons. The molecule has 4 unspecified atom stereocenters. The van der Waals surface area contributed by atoms with Crippen molar-refractivity contribution in [3.8, 4) is 5.75 Å². The molecule has 2 saturated carbocycles. The van der Waals surface area contributed by atoms with Crippen molar-refractivity contribution in [3.05, 3.63) is 29.8 Å². The van der Waals surface area contributed by atoms with E-state index in [1.54, 1.807) is 7.11 Å². The van der Waals surface area contributed by atoms with Crippen LogP contribution in [0.3, 0.4) is 0 Å². The number of ether oxygens (including phenoxy) is 1. The van der Waals surface area contributed by atoms with Crippen LogP contribution in [-0.2, 0) is 11.2 Å². The molecule has 0 aliphatic heterocycles. The third kappa shape index (κ3) is 3.45. The van der Waals surface area contributed by atoms with Crippen LogP contribution in [0.2, 0.25) is 0 Å². The Morgan fingerprint density at radius 2 is 2.23 bits per heavy atom. The molecule has 3 nitrogen and oxygen atoms in total. The molecule has 3 rings (SSSR count). The van der Waals surface area contributed by atoms with Crippen LogP contribution in [0.1, 0.15) is 44.6 Å². The van der Waals surface area contributed by atoms with E-state index in [0.717, 1.165) is 29.6 Å². The Kier molecular flexibility index (Phi) is 4.70. The average molecular weight is 301 g/mol. The van der Waals surface area contributed by atoms with Crippen LogP contribution >= 0.6 is 0 Å². The normalized spacial score (nSPS) is 27.6. The van der Waals surface area contributed by atoms with E-state index in [2.05, 4.69) is 18.3 Å². The van der Waals surface area contributed by atoms with Crippen LogP contribution in [0.25, 0.3) is 0 Å². The molecular weight excluding hydrogens is 274 g/mol. The predicted octanol–water partition coefficient (Wildman–Crippen LogP) is 3.57. The number of carbonyl (C=O) groups excluding carboxylic acids is 1. The lowest BCUT2D eigenvalue weighted by molar-refractivity contribution is -0.122. The SMILES string of the molecule is COc1cccc(CCC(=O)NC(C)C2CC3CCC2C3)c1. The molecule has 120 valence electrons. The van der Waals surface area contributed by atoms with Gasteiger partial charge in [0.1, 0.15) is 5.75 Å². The number of methoxy groups -OCH3 is 1. The van der Waals surface area contributed by atoms with Crippen molar-refractivity contribution >= 4 is 5.91 Å². The highest BCUT2D eigenvalue weighted by Gasteiger charge is 2.41. The number of rotatable bonds is 6.